The van der Waals surface area contributed by atoms with Crippen LogP contribution in [-0.2, 0) is 4.79 Å². The van der Waals surface area contributed by atoms with Crippen molar-refractivity contribution in [3.05, 3.63) is 12.1 Å². The number of ether oxygens (including phenoxy) is 1. The normalized spacial score (nSPS) is 19.1. The van der Waals surface area contributed by atoms with Gasteiger partial charge in [-0.05, 0) is 6.92 Å². The molecule has 2 heterocycles. The predicted octanol–water partition coefficient (Wildman–Crippen LogP) is 0.613. The van der Waals surface area contributed by atoms with Crippen LogP contribution in [0.15, 0.2) is 17.1 Å². The molecule has 1 amide bonds. The summed E-state index contributed by atoms with van der Waals surface area (Å²) >= 11 is 0. The van der Waals surface area contributed by atoms with Gasteiger partial charge in [-0.25, -0.2) is 4.99 Å². The van der Waals surface area contributed by atoms with Crippen LogP contribution in [0.2, 0.25) is 0 Å². The molecule has 2 aliphatic rings. The zero-order valence-corrected chi connectivity index (χ0v) is 11.4. The Bertz CT molecular complexity index is 655. The van der Waals surface area contributed by atoms with Crippen molar-refractivity contribution in [3.63, 3.8) is 0 Å². The molecule has 2 aliphatic heterocycles. The lowest BCUT2D eigenvalue weighted by Crippen LogP contribution is -2.35. The van der Waals surface area contributed by atoms with Gasteiger partial charge in [0.05, 0.1) is 5.69 Å². The first-order valence-corrected chi connectivity index (χ1v) is 6.60. The van der Waals surface area contributed by atoms with Crippen molar-refractivity contribution < 1.29 is 14.6 Å². The number of phenols is 1. The van der Waals surface area contributed by atoms with E-state index in [2.05, 4.69) is 15.7 Å². The number of anilines is 1. The molecular formula is C13H15N5O3. The summed E-state index contributed by atoms with van der Waals surface area (Å²) < 4.78 is 5.47. The highest BCUT2D eigenvalue weighted by atomic mass is 16.5. The second kappa shape index (κ2) is 4.97. The van der Waals surface area contributed by atoms with Crippen LogP contribution in [0.1, 0.15) is 6.92 Å². The molecule has 1 fully saturated rings. The second-order valence-corrected chi connectivity index (χ2v) is 4.61. The van der Waals surface area contributed by atoms with Gasteiger partial charge in [0.25, 0.3) is 5.91 Å². The highest BCUT2D eigenvalue weighted by Gasteiger charge is 2.31. The van der Waals surface area contributed by atoms with Crippen LogP contribution in [0.3, 0.4) is 0 Å². The minimum absolute atomic E-state index is 0.0151. The average molecular weight is 289 g/mol. The molecule has 0 atom stereocenters. The first-order valence-electron chi connectivity index (χ1n) is 6.60. The monoisotopic (exact) mass is 289 g/mol. The number of aliphatic imine (C=N–C) groups is 1. The van der Waals surface area contributed by atoms with Crippen molar-refractivity contribution in [2.24, 2.45) is 4.99 Å². The number of hydrogen-bond acceptors (Lipinski definition) is 6. The molecule has 1 aromatic carbocycles. The zero-order chi connectivity index (χ0) is 15.0. The van der Waals surface area contributed by atoms with Gasteiger partial charge in [-0.1, -0.05) is 0 Å². The molecule has 0 aromatic heterocycles. The molecule has 0 radical (unpaired) electrons. The first kappa shape index (κ1) is 13.2. The van der Waals surface area contributed by atoms with Gasteiger partial charge >= 0.3 is 0 Å². The largest absolute Gasteiger partial charge is 0.506 e. The van der Waals surface area contributed by atoms with E-state index in [-0.39, 0.29) is 23.0 Å². The molecule has 110 valence electrons. The standard InChI is InChI=1S/C13H15N5O3/c1-2-18-12(14)11(13(20)17-18)16-7-6-10-8(5-9(7)19)15-3-4-21-10/h5-6,14-15,19H,2-4H2,1H3,(H,17,20). The highest BCUT2D eigenvalue weighted by molar-refractivity contribution is 6.68. The summed E-state index contributed by atoms with van der Waals surface area (Å²) in [6, 6.07) is 3.06. The molecule has 21 heavy (non-hydrogen) atoms. The molecule has 4 N–H and O–H groups in total. The van der Waals surface area contributed by atoms with Crippen molar-refractivity contribution in [1.82, 2.24) is 10.4 Å². The number of aromatic hydroxyl groups is 1. The minimum Gasteiger partial charge on any atom is -0.506 e. The van der Waals surface area contributed by atoms with Crippen LogP contribution in [0, 0.1) is 5.41 Å². The van der Waals surface area contributed by atoms with Gasteiger partial charge in [0, 0.05) is 25.2 Å². The molecule has 0 spiro atoms. The summed E-state index contributed by atoms with van der Waals surface area (Å²) in [5.74, 6) is 0.0159. The molecule has 0 bridgehead atoms. The van der Waals surface area contributed by atoms with E-state index in [0.717, 1.165) is 0 Å². The van der Waals surface area contributed by atoms with Gasteiger partial charge in [0.15, 0.2) is 11.5 Å². The van der Waals surface area contributed by atoms with Crippen LogP contribution in [0.5, 0.6) is 11.5 Å². The maximum atomic E-state index is 11.8. The number of rotatable bonds is 2. The Balaban J connectivity index is 1.99. The minimum atomic E-state index is -0.460. The van der Waals surface area contributed by atoms with Gasteiger partial charge < -0.3 is 15.2 Å². The lowest BCUT2D eigenvalue weighted by atomic mass is 10.2. The third-order valence-electron chi connectivity index (χ3n) is 3.25. The van der Waals surface area contributed by atoms with E-state index in [4.69, 9.17) is 10.1 Å². The van der Waals surface area contributed by atoms with Crippen molar-refractivity contribution in [1.29, 1.82) is 5.41 Å². The van der Waals surface area contributed by atoms with Gasteiger partial charge in [-0.15, -0.1) is 0 Å². The fraction of sp³-hybridized carbons (Fsp3) is 0.308. The molecule has 1 saturated heterocycles. The number of phenolic OH excluding ortho intramolecular Hbond substituents is 1. The summed E-state index contributed by atoms with van der Waals surface area (Å²) in [5, 5.41) is 22.4. The summed E-state index contributed by atoms with van der Waals surface area (Å²) in [5.41, 5.74) is 3.37. The van der Waals surface area contributed by atoms with Gasteiger partial charge in [0.1, 0.15) is 23.8 Å². The van der Waals surface area contributed by atoms with E-state index < -0.39 is 5.91 Å². The number of hydrazine groups is 1. The lowest BCUT2D eigenvalue weighted by Gasteiger charge is -2.19. The SMILES string of the molecule is CCN1NC(=O)C(=Nc2cc3c(cc2O)NCCO3)C1=N. The van der Waals surface area contributed by atoms with E-state index in [9.17, 15) is 9.90 Å². The average Bonchev–Trinajstić information content (AvgIpc) is 2.75. The smallest absolute Gasteiger partial charge is 0.292 e. The maximum Gasteiger partial charge on any atom is 0.292 e. The van der Waals surface area contributed by atoms with Crippen molar-refractivity contribution in [2.75, 3.05) is 25.0 Å². The van der Waals surface area contributed by atoms with Gasteiger partial charge in [0.2, 0.25) is 0 Å². The van der Waals surface area contributed by atoms with Gasteiger partial charge in [-0.3, -0.25) is 20.6 Å². The number of nitrogens with zero attached hydrogens (tertiary/aromatic N) is 2. The third kappa shape index (κ3) is 2.24. The third-order valence-corrected chi connectivity index (χ3v) is 3.25. The first-order chi connectivity index (χ1) is 10.1. The Kier molecular flexibility index (Phi) is 3.13. The highest BCUT2D eigenvalue weighted by Crippen LogP contribution is 2.38. The molecule has 0 aliphatic carbocycles. The van der Waals surface area contributed by atoms with Crippen molar-refractivity contribution >= 4 is 28.8 Å². The Labute approximate surface area is 120 Å². The topological polar surface area (TPSA) is 110 Å². The van der Waals surface area contributed by atoms with Crippen LogP contribution in [0.25, 0.3) is 0 Å². The summed E-state index contributed by atoms with van der Waals surface area (Å²) in [6.07, 6.45) is 0. The van der Waals surface area contributed by atoms with Crippen molar-refractivity contribution in [2.45, 2.75) is 6.92 Å². The molecule has 0 saturated carbocycles. The van der Waals surface area contributed by atoms with E-state index in [0.29, 0.717) is 31.1 Å². The van der Waals surface area contributed by atoms with E-state index in [1.54, 1.807) is 6.07 Å². The van der Waals surface area contributed by atoms with Crippen LogP contribution in [-0.4, -0.2) is 47.3 Å². The Hall–Kier alpha value is -2.77. The molecule has 0 unspecified atom stereocenters. The van der Waals surface area contributed by atoms with Crippen molar-refractivity contribution in [3.8, 4) is 11.5 Å². The fourth-order valence-corrected chi connectivity index (χ4v) is 2.18. The second-order valence-electron chi connectivity index (χ2n) is 4.61. The van der Waals surface area contributed by atoms with Crippen LogP contribution in [0.4, 0.5) is 11.4 Å². The quantitative estimate of drug-likeness (QED) is 0.637. The summed E-state index contributed by atoms with van der Waals surface area (Å²) in [4.78, 5) is 15.9. The summed E-state index contributed by atoms with van der Waals surface area (Å²) in [7, 11) is 0. The van der Waals surface area contributed by atoms with Crippen LogP contribution >= 0.6 is 0 Å². The Morgan fingerprint density at radius 1 is 1.52 bits per heavy atom. The molecule has 8 nitrogen and oxygen atoms in total. The van der Waals surface area contributed by atoms with Gasteiger partial charge in [-0.2, -0.15) is 0 Å². The molecule has 1 aromatic rings. The lowest BCUT2D eigenvalue weighted by molar-refractivity contribution is -0.116. The molecular weight excluding hydrogens is 274 g/mol. The number of carbonyl (C=O) groups is 1. The molecule has 8 heteroatoms. The number of hydrogen-bond donors (Lipinski definition) is 4. The number of amides is 1. The zero-order valence-electron chi connectivity index (χ0n) is 11.4. The number of amidine groups is 1. The van der Waals surface area contributed by atoms with Crippen LogP contribution < -0.4 is 15.5 Å². The van der Waals surface area contributed by atoms with E-state index in [1.807, 2.05) is 6.92 Å². The Morgan fingerprint density at radius 3 is 3.05 bits per heavy atom. The summed E-state index contributed by atoms with van der Waals surface area (Å²) in [6.45, 7) is 3.47. The van der Waals surface area contributed by atoms with E-state index >= 15 is 0 Å². The number of nitrogens with one attached hydrogen (secondary N) is 3. The fourth-order valence-electron chi connectivity index (χ4n) is 2.18. The van der Waals surface area contributed by atoms with E-state index in [1.165, 1.54) is 11.1 Å². The predicted molar refractivity (Wildman–Crippen MR) is 77.4 cm³/mol. The number of carbonyl (C=O) groups excluding carboxylic acids is 1. The molecule has 3 rings (SSSR count). The number of benzene rings is 1. The maximum absolute atomic E-state index is 11.8. The Morgan fingerprint density at radius 2 is 2.33 bits per heavy atom. The number of fused-ring (bicyclic) bond motifs is 1.